The average Bonchev–Trinajstić information content (AvgIpc) is 3.56. The van der Waals surface area contributed by atoms with Gasteiger partial charge in [0.25, 0.3) is 0 Å². The third kappa shape index (κ3) is 5.12. The second-order valence-electron chi connectivity index (χ2n) is 13.9. The molecule has 0 saturated carbocycles. The topological polar surface area (TPSA) is 36.4 Å². The molecule has 8 aromatic carbocycles. The van der Waals surface area contributed by atoms with Crippen molar-refractivity contribution in [2.75, 3.05) is 0 Å². The van der Waals surface area contributed by atoms with E-state index in [1.54, 1.807) is 0 Å². The summed E-state index contributed by atoms with van der Waals surface area (Å²) in [6.45, 7) is 0. The molecule has 0 saturated heterocycles. The standard InChI is InChI=1S/C50H37N3/c1-4-17-36(18-5-1)47-51-48(37-19-6-2-7-20-37)53-49(52-47)42-25-13-12-23-40(42)35-28-31-39(32-29-35)50(38-21-8-3-9-22-38)44-27-15-14-26-43(44)46-41-24-11-10-16-34(41)30-33-45(46)50/h1-33,47,49,52H,(H,51,53). The van der Waals surface area contributed by atoms with E-state index < -0.39 is 5.41 Å². The molecule has 10 rings (SSSR count). The van der Waals surface area contributed by atoms with Gasteiger partial charge in [-0.05, 0) is 66.4 Å². The van der Waals surface area contributed by atoms with Gasteiger partial charge in [-0.25, -0.2) is 4.99 Å². The number of nitrogens with zero attached hydrogens (tertiary/aromatic N) is 1. The lowest BCUT2D eigenvalue weighted by Gasteiger charge is -2.34. The molecule has 3 atom stereocenters. The molecule has 0 spiro atoms. The summed E-state index contributed by atoms with van der Waals surface area (Å²) in [5.74, 6) is 0.879. The number of nitrogens with one attached hydrogen (secondary N) is 2. The molecule has 0 amide bonds. The molecule has 0 fully saturated rings. The first-order chi connectivity index (χ1) is 26.3. The second kappa shape index (κ2) is 12.9. The Balaban J connectivity index is 1.11. The molecule has 252 valence electrons. The minimum absolute atomic E-state index is 0.103. The molecule has 1 aliphatic heterocycles. The third-order valence-electron chi connectivity index (χ3n) is 11.1. The molecule has 0 aromatic heterocycles. The highest BCUT2D eigenvalue weighted by Gasteiger charge is 2.46. The van der Waals surface area contributed by atoms with E-state index >= 15 is 0 Å². The van der Waals surface area contributed by atoms with Gasteiger partial charge >= 0.3 is 0 Å². The predicted octanol–water partition coefficient (Wildman–Crippen LogP) is 11.2. The van der Waals surface area contributed by atoms with Crippen molar-refractivity contribution in [1.29, 1.82) is 0 Å². The first-order valence-corrected chi connectivity index (χ1v) is 18.4. The van der Waals surface area contributed by atoms with Crippen LogP contribution in [0.25, 0.3) is 33.0 Å². The van der Waals surface area contributed by atoms with E-state index in [2.05, 4.69) is 205 Å². The van der Waals surface area contributed by atoms with E-state index in [0.29, 0.717) is 0 Å². The van der Waals surface area contributed by atoms with Crippen LogP contribution in [0, 0.1) is 0 Å². The lowest BCUT2D eigenvalue weighted by molar-refractivity contribution is 0.409. The monoisotopic (exact) mass is 679 g/mol. The molecule has 0 bridgehead atoms. The zero-order valence-corrected chi connectivity index (χ0v) is 29.2. The van der Waals surface area contributed by atoms with Gasteiger partial charge in [0, 0.05) is 5.56 Å². The Hall–Kier alpha value is -6.55. The van der Waals surface area contributed by atoms with Crippen molar-refractivity contribution in [3.63, 3.8) is 0 Å². The summed E-state index contributed by atoms with van der Waals surface area (Å²) in [7, 11) is 0. The normalized spacial score (nSPS) is 18.8. The van der Waals surface area contributed by atoms with Gasteiger partial charge in [0.05, 0.1) is 5.41 Å². The van der Waals surface area contributed by atoms with E-state index in [1.807, 2.05) is 6.07 Å². The fraction of sp³-hybridized carbons (Fsp3) is 0.0600. The number of amidine groups is 1. The zero-order chi connectivity index (χ0) is 35.2. The maximum Gasteiger partial charge on any atom is 0.131 e. The maximum absolute atomic E-state index is 5.28. The molecule has 8 aromatic rings. The van der Waals surface area contributed by atoms with Crippen LogP contribution in [0.1, 0.15) is 51.3 Å². The van der Waals surface area contributed by atoms with Crippen LogP contribution in [0.5, 0.6) is 0 Å². The fourth-order valence-corrected chi connectivity index (χ4v) is 8.70. The molecular weight excluding hydrogens is 643 g/mol. The smallest absolute Gasteiger partial charge is 0.131 e. The summed E-state index contributed by atoms with van der Waals surface area (Å²) in [6, 6.07) is 72.4. The van der Waals surface area contributed by atoms with Crippen LogP contribution in [-0.4, -0.2) is 5.84 Å². The highest BCUT2D eigenvalue weighted by molar-refractivity contribution is 6.04. The van der Waals surface area contributed by atoms with Crippen molar-refractivity contribution in [1.82, 2.24) is 10.6 Å². The van der Waals surface area contributed by atoms with Gasteiger partial charge in [0.1, 0.15) is 18.2 Å². The van der Waals surface area contributed by atoms with Gasteiger partial charge in [-0.2, -0.15) is 0 Å². The number of benzene rings is 8. The summed E-state index contributed by atoms with van der Waals surface area (Å²) in [5, 5.41) is 10.0. The zero-order valence-electron chi connectivity index (χ0n) is 29.2. The van der Waals surface area contributed by atoms with Crippen LogP contribution in [-0.2, 0) is 5.41 Å². The van der Waals surface area contributed by atoms with Crippen LogP contribution < -0.4 is 10.6 Å². The Labute approximate surface area is 310 Å². The second-order valence-corrected chi connectivity index (χ2v) is 13.9. The number of hydrogen-bond acceptors (Lipinski definition) is 3. The van der Waals surface area contributed by atoms with E-state index in [-0.39, 0.29) is 12.3 Å². The number of rotatable bonds is 6. The van der Waals surface area contributed by atoms with E-state index in [9.17, 15) is 0 Å². The third-order valence-corrected chi connectivity index (χ3v) is 11.1. The molecule has 2 N–H and O–H groups in total. The first kappa shape index (κ1) is 31.2. The fourth-order valence-electron chi connectivity index (χ4n) is 8.70. The van der Waals surface area contributed by atoms with Crippen molar-refractivity contribution in [3.8, 4) is 22.3 Å². The van der Waals surface area contributed by atoms with Gasteiger partial charge < -0.3 is 5.32 Å². The van der Waals surface area contributed by atoms with Crippen LogP contribution >= 0.6 is 0 Å². The highest BCUT2D eigenvalue weighted by atomic mass is 15.3. The average molecular weight is 680 g/mol. The molecule has 3 nitrogen and oxygen atoms in total. The number of aliphatic imine (C=N–C) groups is 1. The van der Waals surface area contributed by atoms with Crippen LogP contribution in [0.15, 0.2) is 205 Å². The Kier molecular flexibility index (Phi) is 7.59. The Morgan fingerprint density at radius 1 is 0.453 bits per heavy atom. The van der Waals surface area contributed by atoms with Crippen molar-refractivity contribution >= 4 is 16.6 Å². The number of hydrogen-bond donors (Lipinski definition) is 2. The lowest BCUT2D eigenvalue weighted by Crippen LogP contribution is -2.45. The van der Waals surface area contributed by atoms with E-state index in [4.69, 9.17) is 4.99 Å². The summed E-state index contributed by atoms with van der Waals surface area (Å²) in [5.41, 5.74) is 13.0. The highest BCUT2D eigenvalue weighted by Crippen LogP contribution is 2.57. The minimum Gasteiger partial charge on any atom is -0.350 e. The summed E-state index contributed by atoms with van der Waals surface area (Å²) >= 11 is 0. The molecule has 3 unspecified atom stereocenters. The Bertz CT molecular complexity index is 2610. The van der Waals surface area contributed by atoms with E-state index in [1.165, 1.54) is 49.7 Å². The van der Waals surface area contributed by atoms with Crippen LogP contribution in [0.4, 0.5) is 0 Å². The molecule has 0 radical (unpaired) electrons. The lowest BCUT2D eigenvalue weighted by atomic mass is 9.67. The summed E-state index contributed by atoms with van der Waals surface area (Å²) in [6.07, 6.45) is -0.362. The van der Waals surface area contributed by atoms with Crippen LogP contribution in [0.3, 0.4) is 0 Å². The molecule has 2 aliphatic rings. The quantitative estimate of drug-likeness (QED) is 0.184. The van der Waals surface area contributed by atoms with Gasteiger partial charge in [-0.15, -0.1) is 0 Å². The summed E-state index contributed by atoms with van der Waals surface area (Å²) < 4.78 is 0. The van der Waals surface area contributed by atoms with Gasteiger partial charge in [0.2, 0.25) is 0 Å². The minimum atomic E-state index is -0.469. The van der Waals surface area contributed by atoms with Crippen molar-refractivity contribution in [3.05, 3.63) is 239 Å². The maximum atomic E-state index is 5.28. The van der Waals surface area contributed by atoms with Crippen molar-refractivity contribution in [2.24, 2.45) is 4.99 Å². The summed E-state index contributed by atoms with van der Waals surface area (Å²) in [4.78, 5) is 5.28. The molecule has 1 heterocycles. The van der Waals surface area contributed by atoms with E-state index in [0.717, 1.165) is 28.1 Å². The van der Waals surface area contributed by atoms with Crippen molar-refractivity contribution < 1.29 is 0 Å². The van der Waals surface area contributed by atoms with Crippen molar-refractivity contribution in [2.45, 2.75) is 17.7 Å². The number of fused-ring (bicyclic) bond motifs is 5. The first-order valence-electron chi connectivity index (χ1n) is 18.4. The Morgan fingerprint density at radius 2 is 1.08 bits per heavy atom. The van der Waals surface area contributed by atoms with Gasteiger partial charge in [-0.3, -0.25) is 5.32 Å². The van der Waals surface area contributed by atoms with Gasteiger partial charge in [-0.1, -0.05) is 200 Å². The molecule has 3 heteroatoms. The van der Waals surface area contributed by atoms with Crippen LogP contribution in [0.2, 0.25) is 0 Å². The molecular formula is C50H37N3. The molecule has 53 heavy (non-hydrogen) atoms. The predicted molar refractivity (Wildman–Crippen MR) is 218 cm³/mol. The largest absolute Gasteiger partial charge is 0.350 e. The molecule has 1 aliphatic carbocycles. The SMILES string of the molecule is c1ccc(C2=NC(c3ccccc3-c3ccc(C4(c5ccccc5)c5ccccc5-c5c4ccc4ccccc54)cc3)NC(c3ccccc3)N2)cc1. The Morgan fingerprint density at radius 3 is 1.87 bits per heavy atom. The van der Waals surface area contributed by atoms with Gasteiger partial charge in [0.15, 0.2) is 0 Å².